The van der Waals surface area contributed by atoms with Crippen molar-refractivity contribution in [2.75, 3.05) is 17.3 Å². The Balaban J connectivity index is 1.63. The number of nitrogens with zero attached hydrogens (tertiary/aromatic N) is 3. The number of hydrogen-bond donors (Lipinski definition) is 1. The largest absolute Gasteiger partial charge is 0.352 e. The molecule has 0 radical (unpaired) electrons. The Morgan fingerprint density at radius 2 is 1.94 bits per heavy atom. The third-order valence-electron chi connectivity index (χ3n) is 4.90. The Kier molecular flexibility index (Phi) is 7.20. The van der Waals surface area contributed by atoms with Crippen LogP contribution in [0.25, 0.3) is 17.1 Å². The van der Waals surface area contributed by atoms with Gasteiger partial charge in [0.1, 0.15) is 5.82 Å². The van der Waals surface area contributed by atoms with Gasteiger partial charge in [0.15, 0.2) is 20.8 Å². The molecule has 2 heterocycles. The maximum atomic E-state index is 13.8. The summed E-state index contributed by atoms with van der Waals surface area (Å²) in [5.41, 5.74) is 0.999. The molecule has 1 aliphatic heterocycles. The first kappa shape index (κ1) is 24.3. The molecule has 3 aromatic rings. The van der Waals surface area contributed by atoms with E-state index in [0.717, 1.165) is 11.8 Å². The normalized spacial score (nSPS) is 17.3. The van der Waals surface area contributed by atoms with Gasteiger partial charge < -0.3 is 5.32 Å². The summed E-state index contributed by atoms with van der Waals surface area (Å²) in [6, 6.07) is 8.62. The van der Waals surface area contributed by atoms with E-state index < -0.39 is 21.7 Å². The summed E-state index contributed by atoms with van der Waals surface area (Å²) in [7, 11) is -3.11. The smallest absolute Gasteiger partial charge is 0.230 e. The lowest BCUT2D eigenvalue weighted by atomic mass is 10.2. The molecule has 1 amide bonds. The lowest BCUT2D eigenvalue weighted by molar-refractivity contribution is -0.119. The summed E-state index contributed by atoms with van der Waals surface area (Å²) in [4.78, 5) is 12.4. The summed E-state index contributed by atoms with van der Waals surface area (Å²) in [5, 5.41) is 12.2. The van der Waals surface area contributed by atoms with Crippen LogP contribution in [0.2, 0.25) is 15.1 Å². The molecule has 1 atom stereocenters. The second-order valence-electron chi connectivity index (χ2n) is 7.32. The van der Waals surface area contributed by atoms with E-state index in [1.54, 1.807) is 22.8 Å². The minimum atomic E-state index is -3.11. The van der Waals surface area contributed by atoms with Crippen LogP contribution in [0, 0.1) is 5.82 Å². The molecule has 1 aromatic heterocycles. The second kappa shape index (κ2) is 9.79. The minimum Gasteiger partial charge on any atom is -0.352 e. The standard InChI is InChI=1S/C20H16Cl3FN4O3S2/c21-11-1-3-14(15(22)7-11)19-26-27-20(28(19)13-2-4-17(24)16(23)8-13)32-9-18(29)25-12-5-6-33(30,31)10-12/h1-4,7-8,12H,5-6,9-10H2,(H,25,29). The number of rotatable bonds is 6. The van der Waals surface area contributed by atoms with Crippen molar-refractivity contribution in [2.45, 2.75) is 17.6 Å². The molecule has 13 heteroatoms. The molecule has 0 bridgehead atoms. The summed E-state index contributed by atoms with van der Waals surface area (Å²) in [5.74, 6) is -0.593. The highest BCUT2D eigenvalue weighted by Gasteiger charge is 2.29. The number of carbonyl (C=O) groups is 1. The van der Waals surface area contributed by atoms with Gasteiger partial charge in [-0.3, -0.25) is 9.36 Å². The van der Waals surface area contributed by atoms with Gasteiger partial charge in [0.25, 0.3) is 0 Å². The molecule has 0 aliphatic carbocycles. The number of carbonyl (C=O) groups excluding carboxylic acids is 1. The molecule has 4 rings (SSSR count). The molecule has 1 aliphatic rings. The van der Waals surface area contributed by atoms with Crippen LogP contribution in [-0.2, 0) is 14.6 Å². The maximum Gasteiger partial charge on any atom is 0.230 e. The van der Waals surface area contributed by atoms with E-state index in [1.807, 2.05) is 0 Å². The number of sulfone groups is 1. The van der Waals surface area contributed by atoms with Crippen LogP contribution in [0.5, 0.6) is 0 Å². The first-order valence-corrected chi connectivity index (χ1v) is 13.6. The van der Waals surface area contributed by atoms with Crippen molar-refractivity contribution in [1.82, 2.24) is 20.1 Å². The lowest BCUT2D eigenvalue weighted by Crippen LogP contribution is -2.36. The number of halogens is 4. The molecular formula is C20H16Cl3FN4O3S2. The highest BCUT2D eigenvalue weighted by Crippen LogP contribution is 2.34. The number of aromatic nitrogens is 3. The predicted octanol–water partition coefficient (Wildman–Crippen LogP) is 4.43. The Hall–Kier alpha value is -1.85. The average Bonchev–Trinajstić information content (AvgIpc) is 3.31. The first-order valence-electron chi connectivity index (χ1n) is 9.62. The quantitative estimate of drug-likeness (QED) is 0.457. The number of nitrogens with one attached hydrogen (secondary N) is 1. The molecule has 174 valence electrons. The van der Waals surface area contributed by atoms with E-state index in [-0.39, 0.29) is 28.2 Å². The van der Waals surface area contributed by atoms with Gasteiger partial charge in [-0.2, -0.15) is 0 Å². The Morgan fingerprint density at radius 1 is 1.15 bits per heavy atom. The first-order chi connectivity index (χ1) is 15.6. The van der Waals surface area contributed by atoms with Crippen molar-refractivity contribution in [3.8, 4) is 17.1 Å². The number of benzene rings is 2. The lowest BCUT2D eigenvalue weighted by Gasteiger charge is -2.13. The van der Waals surface area contributed by atoms with E-state index in [1.165, 1.54) is 18.2 Å². The Labute approximate surface area is 208 Å². The SMILES string of the molecule is O=C(CSc1nnc(-c2ccc(Cl)cc2Cl)n1-c1ccc(F)c(Cl)c1)NC1CCS(=O)(=O)C1. The van der Waals surface area contributed by atoms with Crippen LogP contribution >= 0.6 is 46.6 Å². The zero-order valence-corrected chi connectivity index (χ0v) is 20.7. The van der Waals surface area contributed by atoms with Gasteiger partial charge in [-0.25, -0.2) is 12.8 Å². The topological polar surface area (TPSA) is 93.9 Å². The van der Waals surface area contributed by atoms with Crippen LogP contribution in [0.4, 0.5) is 4.39 Å². The zero-order chi connectivity index (χ0) is 23.8. The van der Waals surface area contributed by atoms with Gasteiger partial charge in [0.05, 0.1) is 33.0 Å². The van der Waals surface area contributed by atoms with Crippen LogP contribution < -0.4 is 5.32 Å². The summed E-state index contributed by atoms with van der Waals surface area (Å²) >= 11 is 19.4. The summed E-state index contributed by atoms with van der Waals surface area (Å²) in [6.07, 6.45) is 0.391. The molecule has 1 unspecified atom stereocenters. The fraction of sp³-hybridized carbons (Fsp3) is 0.250. The van der Waals surface area contributed by atoms with Gasteiger partial charge in [-0.15, -0.1) is 10.2 Å². The molecular weight excluding hydrogens is 534 g/mol. The van der Waals surface area contributed by atoms with Crippen LogP contribution in [0.1, 0.15) is 6.42 Å². The van der Waals surface area contributed by atoms with Crippen molar-refractivity contribution in [2.24, 2.45) is 0 Å². The van der Waals surface area contributed by atoms with E-state index in [9.17, 15) is 17.6 Å². The molecule has 0 saturated carbocycles. The van der Waals surface area contributed by atoms with Crippen molar-refractivity contribution >= 4 is 62.3 Å². The Morgan fingerprint density at radius 3 is 2.61 bits per heavy atom. The van der Waals surface area contributed by atoms with Crippen molar-refractivity contribution < 1.29 is 17.6 Å². The molecule has 33 heavy (non-hydrogen) atoms. The van der Waals surface area contributed by atoms with E-state index in [0.29, 0.717) is 38.7 Å². The van der Waals surface area contributed by atoms with Crippen LogP contribution in [0.3, 0.4) is 0 Å². The third-order valence-corrected chi connectivity index (χ3v) is 8.43. The second-order valence-corrected chi connectivity index (χ2v) is 11.7. The van der Waals surface area contributed by atoms with E-state index in [2.05, 4.69) is 15.5 Å². The van der Waals surface area contributed by atoms with Gasteiger partial charge in [0, 0.05) is 16.6 Å². The third kappa shape index (κ3) is 5.63. The number of amides is 1. The molecule has 1 fully saturated rings. The van der Waals surface area contributed by atoms with Gasteiger partial charge in [-0.05, 0) is 42.8 Å². The summed E-state index contributed by atoms with van der Waals surface area (Å²) in [6.45, 7) is 0. The molecule has 1 saturated heterocycles. The average molecular weight is 550 g/mol. The highest BCUT2D eigenvalue weighted by atomic mass is 35.5. The highest BCUT2D eigenvalue weighted by molar-refractivity contribution is 7.99. The Bertz CT molecular complexity index is 1330. The van der Waals surface area contributed by atoms with Crippen LogP contribution in [0.15, 0.2) is 41.6 Å². The maximum absolute atomic E-state index is 13.8. The minimum absolute atomic E-state index is 0.0298. The monoisotopic (exact) mass is 548 g/mol. The van der Waals surface area contributed by atoms with Gasteiger partial charge >= 0.3 is 0 Å². The fourth-order valence-corrected chi connectivity index (χ4v) is 6.48. The molecule has 7 nitrogen and oxygen atoms in total. The van der Waals surface area contributed by atoms with Crippen molar-refractivity contribution in [1.29, 1.82) is 0 Å². The fourth-order valence-electron chi connectivity index (χ4n) is 3.37. The number of hydrogen-bond acceptors (Lipinski definition) is 6. The predicted molar refractivity (Wildman–Crippen MR) is 128 cm³/mol. The molecule has 2 aromatic carbocycles. The van der Waals surface area contributed by atoms with E-state index >= 15 is 0 Å². The summed E-state index contributed by atoms with van der Waals surface area (Å²) < 4.78 is 38.6. The molecule has 1 N–H and O–H groups in total. The van der Waals surface area contributed by atoms with Crippen molar-refractivity contribution in [3.05, 3.63) is 57.3 Å². The van der Waals surface area contributed by atoms with Gasteiger partial charge in [0.2, 0.25) is 5.91 Å². The molecule has 0 spiro atoms. The zero-order valence-electron chi connectivity index (χ0n) is 16.8. The van der Waals surface area contributed by atoms with Crippen molar-refractivity contribution in [3.63, 3.8) is 0 Å². The number of thioether (sulfide) groups is 1. The van der Waals surface area contributed by atoms with Gasteiger partial charge in [-0.1, -0.05) is 46.6 Å². The van der Waals surface area contributed by atoms with E-state index in [4.69, 9.17) is 34.8 Å². The van der Waals surface area contributed by atoms with Crippen LogP contribution in [-0.4, -0.2) is 52.4 Å².